The summed E-state index contributed by atoms with van der Waals surface area (Å²) in [6.07, 6.45) is 1.49. The molecule has 0 aliphatic rings. The molecule has 2 aromatic rings. The minimum absolute atomic E-state index is 0.0180. The van der Waals surface area contributed by atoms with Crippen LogP contribution in [0.4, 0.5) is 0 Å². The molecule has 17 heavy (non-hydrogen) atoms. The van der Waals surface area contributed by atoms with Gasteiger partial charge in [0.1, 0.15) is 11.6 Å². The number of hydrogen-bond donors (Lipinski definition) is 2. The summed E-state index contributed by atoms with van der Waals surface area (Å²) < 4.78 is 5.49. The van der Waals surface area contributed by atoms with Gasteiger partial charge in [-0.15, -0.1) is 0 Å². The number of nitrogens with one attached hydrogen (secondary N) is 1. The van der Waals surface area contributed by atoms with Crippen molar-refractivity contribution in [3.8, 4) is 11.6 Å². The summed E-state index contributed by atoms with van der Waals surface area (Å²) in [5, 5.41) is 7.88. The first kappa shape index (κ1) is 11.4. The Balaban J connectivity index is 2.13. The topological polar surface area (TPSA) is 72.0 Å². The molecule has 5 heteroatoms. The third-order valence-electron chi connectivity index (χ3n) is 2.08. The zero-order valence-corrected chi connectivity index (χ0v) is 9.61. The van der Waals surface area contributed by atoms with E-state index in [-0.39, 0.29) is 5.84 Å². The van der Waals surface area contributed by atoms with Gasteiger partial charge in [0.15, 0.2) is 0 Å². The largest absolute Gasteiger partial charge is 0.439 e. The molecular formula is C12H10ClN3O. The molecule has 0 aliphatic heterocycles. The summed E-state index contributed by atoms with van der Waals surface area (Å²) in [5.74, 6) is 1.07. The molecule has 0 atom stereocenters. The molecule has 0 fully saturated rings. The van der Waals surface area contributed by atoms with Crippen LogP contribution >= 0.6 is 11.6 Å². The Morgan fingerprint density at radius 1 is 1.18 bits per heavy atom. The Morgan fingerprint density at radius 3 is 2.41 bits per heavy atom. The van der Waals surface area contributed by atoms with E-state index in [1.54, 1.807) is 36.4 Å². The lowest BCUT2D eigenvalue weighted by molar-refractivity contribution is 0.463. The fraction of sp³-hybridized carbons (Fsp3) is 0. The van der Waals surface area contributed by atoms with Gasteiger partial charge in [-0.05, 0) is 30.3 Å². The second-order valence-electron chi connectivity index (χ2n) is 3.35. The van der Waals surface area contributed by atoms with Crippen molar-refractivity contribution in [2.24, 2.45) is 5.73 Å². The van der Waals surface area contributed by atoms with Crippen LogP contribution in [0.2, 0.25) is 5.02 Å². The Bertz CT molecular complexity index is 522. The molecule has 1 aromatic heterocycles. The van der Waals surface area contributed by atoms with E-state index in [4.69, 9.17) is 27.5 Å². The number of benzene rings is 1. The van der Waals surface area contributed by atoms with Crippen molar-refractivity contribution in [3.63, 3.8) is 0 Å². The summed E-state index contributed by atoms with van der Waals surface area (Å²) in [6, 6.07) is 10.3. The lowest BCUT2D eigenvalue weighted by Gasteiger charge is -2.05. The van der Waals surface area contributed by atoms with Crippen LogP contribution in [0.1, 0.15) is 5.56 Å². The van der Waals surface area contributed by atoms with E-state index in [1.165, 1.54) is 6.20 Å². The molecular weight excluding hydrogens is 238 g/mol. The van der Waals surface area contributed by atoms with Gasteiger partial charge in [-0.3, -0.25) is 5.41 Å². The van der Waals surface area contributed by atoms with Crippen molar-refractivity contribution in [1.29, 1.82) is 5.41 Å². The molecule has 0 saturated heterocycles. The zero-order chi connectivity index (χ0) is 12.3. The van der Waals surface area contributed by atoms with Gasteiger partial charge in [0.05, 0.1) is 0 Å². The number of nitrogens with two attached hydrogens (primary N) is 1. The second kappa shape index (κ2) is 4.84. The molecule has 0 unspecified atom stereocenters. The molecule has 3 N–H and O–H groups in total. The normalized spacial score (nSPS) is 9.94. The van der Waals surface area contributed by atoms with Crippen molar-refractivity contribution in [1.82, 2.24) is 4.98 Å². The Hall–Kier alpha value is -2.07. The monoisotopic (exact) mass is 247 g/mol. The second-order valence-corrected chi connectivity index (χ2v) is 3.79. The van der Waals surface area contributed by atoms with E-state index >= 15 is 0 Å². The lowest BCUT2D eigenvalue weighted by Crippen LogP contribution is -2.11. The molecule has 0 radical (unpaired) electrons. The fourth-order valence-electron chi connectivity index (χ4n) is 1.22. The summed E-state index contributed by atoms with van der Waals surface area (Å²) in [7, 11) is 0. The van der Waals surface area contributed by atoms with Crippen LogP contribution in [0.15, 0.2) is 42.6 Å². The van der Waals surface area contributed by atoms with E-state index < -0.39 is 0 Å². The van der Waals surface area contributed by atoms with E-state index in [9.17, 15) is 0 Å². The van der Waals surface area contributed by atoms with Gasteiger partial charge >= 0.3 is 0 Å². The van der Waals surface area contributed by atoms with Gasteiger partial charge in [-0.1, -0.05) is 11.6 Å². The third-order valence-corrected chi connectivity index (χ3v) is 2.34. The van der Waals surface area contributed by atoms with Crippen LogP contribution in [-0.2, 0) is 0 Å². The molecule has 0 spiro atoms. The van der Waals surface area contributed by atoms with Crippen LogP contribution in [-0.4, -0.2) is 10.8 Å². The SMILES string of the molecule is N=C(N)c1ccc(Oc2ccc(Cl)cc2)nc1. The van der Waals surface area contributed by atoms with Gasteiger partial charge in [0, 0.05) is 22.8 Å². The van der Waals surface area contributed by atoms with Gasteiger partial charge < -0.3 is 10.5 Å². The van der Waals surface area contributed by atoms with Gasteiger partial charge in [-0.2, -0.15) is 0 Å². The quantitative estimate of drug-likeness (QED) is 0.647. The van der Waals surface area contributed by atoms with Gasteiger partial charge in [0.25, 0.3) is 0 Å². The maximum absolute atomic E-state index is 7.23. The minimum Gasteiger partial charge on any atom is -0.439 e. The molecule has 2 rings (SSSR count). The number of nitrogens with zero attached hydrogens (tertiary/aromatic N) is 1. The average molecular weight is 248 g/mol. The molecule has 1 aromatic carbocycles. The average Bonchev–Trinajstić information content (AvgIpc) is 2.33. The highest BCUT2D eigenvalue weighted by atomic mass is 35.5. The minimum atomic E-state index is -0.0180. The van der Waals surface area contributed by atoms with Crippen molar-refractivity contribution in [2.45, 2.75) is 0 Å². The van der Waals surface area contributed by atoms with Gasteiger partial charge in [-0.25, -0.2) is 4.98 Å². The van der Waals surface area contributed by atoms with Crippen LogP contribution in [0, 0.1) is 5.41 Å². The first-order valence-electron chi connectivity index (χ1n) is 4.89. The number of pyridine rings is 1. The smallest absolute Gasteiger partial charge is 0.219 e. The van der Waals surface area contributed by atoms with Crippen LogP contribution in [0.5, 0.6) is 11.6 Å². The highest BCUT2D eigenvalue weighted by Gasteiger charge is 2.00. The number of ether oxygens (including phenoxy) is 1. The fourth-order valence-corrected chi connectivity index (χ4v) is 1.35. The Labute approximate surface area is 104 Å². The van der Waals surface area contributed by atoms with Crippen LogP contribution in [0.25, 0.3) is 0 Å². The van der Waals surface area contributed by atoms with Crippen LogP contribution < -0.4 is 10.5 Å². The number of aromatic nitrogens is 1. The van der Waals surface area contributed by atoms with E-state index in [2.05, 4.69) is 4.98 Å². The molecule has 0 aliphatic carbocycles. The Kier molecular flexibility index (Phi) is 3.25. The number of nitrogen functional groups attached to an aromatic ring is 1. The number of hydrogen-bond acceptors (Lipinski definition) is 3. The first-order chi connectivity index (χ1) is 8.15. The first-order valence-corrected chi connectivity index (χ1v) is 5.27. The number of halogens is 1. The van der Waals surface area contributed by atoms with Crippen LogP contribution in [0.3, 0.4) is 0 Å². The number of amidine groups is 1. The standard InChI is InChI=1S/C12H10ClN3O/c13-9-2-4-10(5-3-9)17-11-6-1-8(7-16-11)12(14)15/h1-7H,(H3,14,15). The summed E-state index contributed by atoms with van der Waals surface area (Å²) >= 11 is 5.76. The van der Waals surface area contributed by atoms with E-state index in [0.717, 1.165) is 0 Å². The maximum atomic E-state index is 7.23. The van der Waals surface area contributed by atoms with Crippen molar-refractivity contribution in [2.75, 3.05) is 0 Å². The lowest BCUT2D eigenvalue weighted by atomic mass is 10.3. The van der Waals surface area contributed by atoms with Crippen molar-refractivity contribution < 1.29 is 4.74 Å². The predicted octanol–water partition coefficient (Wildman–Crippen LogP) is 2.81. The van der Waals surface area contributed by atoms with E-state index in [0.29, 0.717) is 22.2 Å². The summed E-state index contributed by atoms with van der Waals surface area (Å²) in [4.78, 5) is 4.04. The third kappa shape index (κ3) is 2.95. The predicted molar refractivity (Wildman–Crippen MR) is 66.8 cm³/mol. The molecule has 86 valence electrons. The van der Waals surface area contributed by atoms with Crippen molar-refractivity contribution in [3.05, 3.63) is 53.2 Å². The molecule has 0 saturated carbocycles. The maximum Gasteiger partial charge on any atom is 0.219 e. The van der Waals surface area contributed by atoms with E-state index in [1.807, 2.05) is 0 Å². The van der Waals surface area contributed by atoms with Gasteiger partial charge in [0.2, 0.25) is 5.88 Å². The molecule has 0 bridgehead atoms. The summed E-state index contributed by atoms with van der Waals surface area (Å²) in [6.45, 7) is 0. The molecule has 1 heterocycles. The summed E-state index contributed by atoms with van der Waals surface area (Å²) in [5.41, 5.74) is 5.88. The highest BCUT2D eigenvalue weighted by Crippen LogP contribution is 2.21. The number of rotatable bonds is 3. The zero-order valence-electron chi connectivity index (χ0n) is 8.85. The molecule has 4 nitrogen and oxygen atoms in total. The highest BCUT2D eigenvalue weighted by molar-refractivity contribution is 6.30. The molecule has 0 amide bonds. The van der Waals surface area contributed by atoms with Crippen molar-refractivity contribution >= 4 is 17.4 Å². The Morgan fingerprint density at radius 2 is 1.88 bits per heavy atom.